The van der Waals surface area contributed by atoms with Gasteiger partial charge in [0.25, 0.3) is 0 Å². The number of hydrogen-bond acceptors (Lipinski definition) is 2. The third kappa shape index (κ3) is 3.85. The molecular weight excluding hydrogens is 302 g/mol. The smallest absolute Gasteiger partial charge is 0.142 e. The lowest BCUT2D eigenvalue weighted by Crippen LogP contribution is -2.22. The molecule has 0 spiro atoms. The van der Waals surface area contributed by atoms with E-state index < -0.39 is 11.4 Å². The summed E-state index contributed by atoms with van der Waals surface area (Å²) in [4.78, 5) is 0. The monoisotopic (exact) mass is 320 g/mol. The first-order chi connectivity index (χ1) is 9.40. The minimum atomic E-state index is -1.17. The van der Waals surface area contributed by atoms with E-state index in [-0.39, 0.29) is 5.02 Å². The summed E-state index contributed by atoms with van der Waals surface area (Å²) in [5, 5.41) is 10.8. The Balaban J connectivity index is 1.99. The van der Waals surface area contributed by atoms with E-state index >= 15 is 0 Å². The number of aliphatic hydroxyl groups is 1. The highest BCUT2D eigenvalue weighted by molar-refractivity contribution is 6.35. The first kappa shape index (κ1) is 16.0. The number of benzene rings is 1. The van der Waals surface area contributed by atoms with E-state index in [1.54, 1.807) is 6.92 Å². The van der Waals surface area contributed by atoms with Gasteiger partial charge in [-0.3, -0.25) is 0 Å². The highest BCUT2D eigenvalue weighted by Crippen LogP contribution is 2.35. The molecule has 0 radical (unpaired) electrons. The summed E-state index contributed by atoms with van der Waals surface area (Å²) in [5.74, 6) is -0.564. The molecule has 1 aromatic rings. The Morgan fingerprint density at radius 1 is 1.40 bits per heavy atom. The lowest BCUT2D eigenvalue weighted by atomic mass is 9.89. The van der Waals surface area contributed by atoms with Gasteiger partial charge in [0.15, 0.2) is 0 Å². The van der Waals surface area contributed by atoms with E-state index in [0.29, 0.717) is 23.1 Å². The van der Waals surface area contributed by atoms with E-state index in [1.165, 1.54) is 12.1 Å². The van der Waals surface area contributed by atoms with Crippen molar-refractivity contribution >= 4 is 23.2 Å². The Morgan fingerprint density at radius 2 is 2.15 bits per heavy atom. The molecule has 2 atom stereocenters. The van der Waals surface area contributed by atoms with Crippen molar-refractivity contribution in [3.63, 3.8) is 0 Å². The molecule has 0 amide bonds. The van der Waals surface area contributed by atoms with Crippen LogP contribution in [0.2, 0.25) is 10.0 Å². The van der Waals surface area contributed by atoms with Gasteiger partial charge >= 0.3 is 0 Å². The van der Waals surface area contributed by atoms with Gasteiger partial charge < -0.3 is 9.84 Å². The van der Waals surface area contributed by atoms with Crippen molar-refractivity contribution in [1.82, 2.24) is 0 Å². The van der Waals surface area contributed by atoms with Gasteiger partial charge in [0, 0.05) is 17.2 Å². The molecule has 0 aliphatic carbocycles. The summed E-state index contributed by atoms with van der Waals surface area (Å²) in [6.07, 6.45) is 4.70. The zero-order valence-electron chi connectivity index (χ0n) is 11.5. The van der Waals surface area contributed by atoms with Gasteiger partial charge in [0.05, 0.1) is 16.7 Å². The summed E-state index contributed by atoms with van der Waals surface area (Å²) >= 11 is 11.7. The van der Waals surface area contributed by atoms with Gasteiger partial charge in [-0.05, 0) is 51.2 Å². The van der Waals surface area contributed by atoms with Gasteiger partial charge in [-0.15, -0.1) is 0 Å². The maximum Gasteiger partial charge on any atom is 0.142 e. The molecule has 0 saturated carbocycles. The minimum Gasteiger partial charge on any atom is -0.385 e. The number of ether oxygens (including phenoxy) is 1. The third-order valence-corrected chi connectivity index (χ3v) is 4.41. The minimum absolute atomic E-state index is 0.0334. The van der Waals surface area contributed by atoms with Crippen molar-refractivity contribution in [3.8, 4) is 0 Å². The molecule has 1 fully saturated rings. The molecule has 1 aliphatic rings. The molecule has 2 rings (SSSR count). The van der Waals surface area contributed by atoms with Crippen LogP contribution < -0.4 is 0 Å². The molecule has 0 aromatic heterocycles. The molecule has 1 heterocycles. The van der Waals surface area contributed by atoms with E-state index in [1.807, 2.05) is 0 Å². The third-order valence-electron chi connectivity index (χ3n) is 3.80. The summed E-state index contributed by atoms with van der Waals surface area (Å²) in [6, 6.07) is 2.55. The van der Waals surface area contributed by atoms with E-state index in [9.17, 15) is 9.50 Å². The SMILES string of the molecule is CC(O)(CCCC1CCCO1)c1cc(F)c(Cl)cc1Cl. The van der Waals surface area contributed by atoms with Crippen molar-refractivity contribution < 1.29 is 14.2 Å². The maximum atomic E-state index is 13.5. The van der Waals surface area contributed by atoms with Crippen LogP contribution in [0.3, 0.4) is 0 Å². The van der Waals surface area contributed by atoms with Crippen LogP contribution in [-0.4, -0.2) is 17.8 Å². The maximum absolute atomic E-state index is 13.5. The quantitative estimate of drug-likeness (QED) is 0.797. The normalized spacial score (nSPS) is 21.9. The Labute approximate surface area is 128 Å². The number of halogens is 3. The van der Waals surface area contributed by atoms with Crippen molar-refractivity contribution in [1.29, 1.82) is 0 Å². The molecule has 2 unspecified atom stereocenters. The van der Waals surface area contributed by atoms with Crippen molar-refractivity contribution in [2.75, 3.05) is 6.61 Å². The van der Waals surface area contributed by atoms with Crippen LogP contribution in [0.1, 0.15) is 44.6 Å². The van der Waals surface area contributed by atoms with Crippen molar-refractivity contribution in [2.24, 2.45) is 0 Å². The van der Waals surface area contributed by atoms with E-state index in [0.717, 1.165) is 32.3 Å². The summed E-state index contributed by atoms with van der Waals surface area (Å²) < 4.78 is 19.1. The Kier molecular flexibility index (Phi) is 5.30. The topological polar surface area (TPSA) is 29.5 Å². The highest BCUT2D eigenvalue weighted by atomic mass is 35.5. The average Bonchev–Trinajstić information content (AvgIpc) is 2.86. The summed E-state index contributed by atoms with van der Waals surface area (Å²) in [5.41, 5.74) is -0.783. The van der Waals surface area contributed by atoms with Crippen molar-refractivity contribution in [3.05, 3.63) is 33.6 Å². The van der Waals surface area contributed by atoms with Crippen LogP contribution in [-0.2, 0) is 10.3 Å². The summed E-state index contributed by atoms with van der Waals surface area (Å²) in [6.45, 7) is 2.48. The fourth-order valence-electron chi connectivity index (χ4n) is 2.62. The molecule has 2 nitrogen and oxygen atoms in total. The second-order valence-corrected chi connectivity index (χ2v) is 6.36. The van der Waals surface area contributed by atoms with Gasteiger partial charge in [-0.1, -0.05) is 23.2 Å². The van der Waals surface area contributed by atoms with Crippen LogP contribution in [0, 0.1) is 5.82 Å². The van der Waals surface area contributed by atoms with Crippen LogP contribution in [0.4, 0.5) is 4.39 Å². The summed E-state index contributed by atoms with van der Waals surface area (Å²) in [7, 11) is 0. The zero-order chi connectivity index (χ0) is 14.8. The van der Waals surface area contributed by atoms with Gasteiger partial charge in [0.1, 0.15) is 5.82 Å². The lowest BCUT2D eigenvalue weighted by Gasteiger charge is -2.25. The van der Waals surface area contributed by atoms with Crippen molar-refractivity contribution in [2.45, 2.75) is 50.7 Å². The Hall–Kier alpha value is -0.350. The number of hydrogen-bond donors (Lipinski definition) is 1. The molecular formula is C15H19Cl2FO2. The molecule has 1 N–H and O–H groups in total. The predicted molar refractivity (Wildman–Crippen MR) is 78.8 cm³/mol. The molecule has 1 aliphatic heterocycles. The molecule has 1 aromatic carbocycles. The Bertz CT molecular complexity index is 471. The lowest BCUT2D eigenvalue weighted by molar-refractivity contribution is 0.0370. The molecule has 5 heteroatoms. The van der Waals surface area contributed by atoms with Gasteiger partial charge in [-0.25, -0.2) is 4.39 Å². The van der Waals surface area contributed by atoms with Crippen LogP contribution >= 0.6 is 23.2 Å². The first-order valence-corrected chi connectivity index (χ1v) is 7.65. The molecule has 0 bridgehead atoms. The fraction of sp³-hybridized carbons (Fsp3) is 0.600. The van der Waals surface area contributed by atoms with Crippen LogP contribution in [0.5, 0.6) is 0 Å². The highest BCUT2D eigenvalue weighted by Gasteiger charge is 2.27. The Morgan fingerprint density at radius 3 is 2.80 bits per heavy atom. The largest absolute Gasteiger partial charge is 0.385 e. The second kappa shape index (κ2) is 6.61. The fourth-order valence-corrected chi connectivity index (χ4v) is 3.20. The second-order valence-electron chi connectivity index (χ2n) is 5.55. The predicted octanol–water partition coefficient (Wildman–Crippen LogP) is 4.69. The van der Waals surface area contributed by atoms with Gasteiger partial charge in [-0.2, -0.15) is 0 Å². The molecule has 112 valence electrons. The standard InChI is InChI=1S/C15H19Cl2FO2/c1-15(19,6-2-4-10-5-3-7-20-10)11-8-14(18)13(17)9-12(11)16/h8-10,19H,2-7H2,1H3. The van der Waals surface area contributed by atoms with E-state index in [2.05, 4.69) is 0 Å². The first-order valence-electron chi connectivity index (χ1n) is 6.89. The molecule has 20 heavy (non-hydrogen) atoms. The van der Waals surface area contributed by atoms with Gasteiger partial charge in [0.2, 0.25) is 0 Å². The zero-order valence-corrected chi connectivity index (χ0v) is 13.0. The van der Waals surface area contributed by atoms with Crippen LogP contribution in [0.25, 0.3) is 0 Å². The number of rotatable bonds is 5. The molecule has 1 saturated heterocycles. The average molecular weight is 321 g/mol. The van der Waals surface area contributed by atoms with E-state index in [4.69, 9.17) is 27.9 Å². The van der Waals surface area contributed by atoms with Crippen LogP contribution in [0.15, 0.2) is 12.1 Å².